The van der Waals surface area contributed by atoms with Crippen LogP contribution in [-0.4, -0.2) is 39.0 Å². The maximum absolute atomic E-state index is 5.90. The first-order valence-corrected chi connectivity index (χ1v) is 9.67. The van der Waals surface area contributed by atoms with Crippen molar-refractivity contribution in [2.24, 2.45) is 0 Å². The second kappa shape index (κ2) is 9.39. The van der Waals surface area contributed by atoms with E-state index in [4.69, 9.17) is 4.74 Å². The Morgan fingerprint density at radius 3 is 2.25 bits per heavy atom. The number of nitrogens with one attached hydrogen (secondary N) is 1. The molecule has 6 heteroatoms. The van der Waals surface area contributed by atoms with Crippen molar-refractivity contribution in [2.45, 2.75) is 32.1 Å². The van der Waals surface area contributed by atoms with Crippen LogP contribution >= 0.6 is 0 Å². The van der Waals surface area contributed by atoms with E-state index >= 15 is 0 Å². The van der Waals surface area contributed by atoms with Crippen molar-refractivity contribution < 1.29 is 4.74 Å². The average molecular weight is 375 g/mol. The molecule has 1 saturated heterocycles. The van der Waals surface area contributed by atoms with Gasteiger partial charge in [0.25, 0.3) is 0 Å². The molecular formula is C22H25N5O. The molecule has 3 aromatic rings. The molecule has 0 radical (unpaired) electrons. The predicted molar refractivity (Wildman–Crippen MR) is 108 cm³/mol. The lowest BCUT2D eigenvalue weighted by molar-refractivity contribution is 0.215. The maximum Gasteiger partial charge on any atom is 0.137 e. The monoisotopic (exact) mass is 375 g/mol. The third kappa shape index (κ3) is 5.34. The van der Waals surface area contributed by atoms with Crippen LogP contribution in [0.4, 0.5) is 0 Å². The Morgan fingerprint density at radius 1 is 0.964 bits per heavy atom. The van der Waals surface area contributed by atoms with Crippen LogP contribution in [-0.2, 0) is 19.6 Å². The smallest absolute Gasteiger partial charge is 0.137 e. The van der Waals surface area contributed by atoms with Crippen molar-refractivity contribution in [2.75, 3.05) is 13.2 Å². The molecule has 1 atom stereocenters. The Hall–Kier alpha value is -2.83. The molecule has 0 unspecified atom stereocenters. The van der Waals surface area contributed by atoms with Crippen LogP contribution in [0, 0.1) is 0 Å². The highest BCUT2D eigenvalue weighted by Gasteiger charge is 2.17. The van der Waals surface area contributed by atoms with Crippen LogP contribution in [0.3, 0.4) is 0 Å². The largest absolute Gasteiger partial charge is 0.490 e. The number of ether oxygens (including phenoxy) is 1. The molecule has 0 aliphatic carbocycles. The zero-order chi connectivity index (χ0) is 19.0. The van der Waals surface area contributed by atoms with Gasteiger partial charge in [-0.2, -0.15) is 0 Å². The Kier molecular flexibility index (Phi) is 6.22. The zero-order valence-electron chi connectivity index (χ0n) is 15.9. The van der Waals surface area contributed by atoms with Gasteiger partial charge in [-0.3, -0.25) is 19.9 Å². The number of hydrogen-bond acceptors (Lipinski definition) is 6. The van der Waals surface area contributed by atoms with Gasteiger partial charge in [-0.05, 0) is 48.9 Å². The third-order valence-corrected chi connectivity index (χ3v) is 4.78. The molecule has 0 aromatic carbocycles. The van der Waals surface area contributed by atoms with Crippen LogP contribution in [0.1, 0.15) is 23.4 Å². The molecule has 4 heterocycles. The second-order valence-corrected chi connectivity index (χ2v) is 7.07. The van der Waals surface area contributed by atoms with Gasteiger partial charge >= 0.3 is 0 Å². The number of rotatable bonds is 9. The minimum Gasteiger partial charge on any atom is -0.490 e. The van der Waals surface area contributed by atoms with Crippen LogP contribution < -0.4 is 10.1 Å². The first-order valence-electron chi connectivity index (χ1n) is 9.67. The third-order valence-electron chi connectivity index (χ3n) is 4.78. The van der Waals surface area contributed by atoms with Gasteiger partial charge in [-0.1, -0.05) is 12.1 Å². The summed E-state index contributed by atoms with van der Waals surface area (Å²) in [6.45, 7) is 4.01. The summed E-state index contributed by atoms with van der Waals surface area (Å²) >= 11 is 0. The van der Waals surface area contributed by atoms with Crippen LogP contribution in [0.15, 0.2) is 67.3 Å². The lowest BCUT2D eigenvalue weighted by atomic mass is 10.1. The van der Waals surface area contributed by atoms with E-state index in [2.05, 4.69) is 43.4 Å². The van der Waals surface area contributed by atoms with E-state index in [0.29, 0.717) is 12.6 Å². The minimum absolute atomic E-state index is 0.466. The molecule has 0 saturated carbocycles. The number of hydrogen-bond donors (Lipinski definition) is 1. The fourth-order valence-electron chi connectivity index (χ4n) is 3.18. The summed E-state index contributed by atoms with van der Waals surface area (Å²) in [5.74, 6) is 0.821. The van der Waals surface area contributed by atoms with Gasteiger partial charge < -0.3 is 10.1 Å². The van der Waals surface area contributed by atoms with E-state index in [-0.39, 0.29) is 0 Å². The highest BCUT2D eigenvalue weighted by Crippen LogP contribution is 2.17. The summed E-state index contributed by atoms with van der Waals surface area (Å²) in [5.41, 5.74) is 3.19. The summed E-state index contributed by atoms with van der Waals surface area (Å²) in [6, 6.07) is 14.6. The van der Waals surface area contributed by atoms with E-state index in [1.54, 1.807) is 6.20 Å². The Morgan fingerprint density at radius 2 is 1.68 bits per heavy atom. The van der Waals surface area contributed by atoms with Gasteiger partial charge in [0, 0.05) is 44.3 Å². The highest BCUT2D eigenvalue weighted by atomic mass is 16.5. The number of pyridine rings is 3. The standard InChI is InChI=1S/C22H25N5O/c1-3-8-24-19(5-1)15-27(16-20-6-2-4-9-25-20)14-18-11-22(13-23-12-18)28-17-21-7-10-26-21/h1-6,8-9,11-13,21,26H,7,10,14-17H2/t21-/m0/s1. The SMILES string of the molecule is c1ccc(CN(Cc2cncc(OC[C@@H]3CCN3)c2)Cc2ccccn2)nc1. The van der Waals surface area contributed by atoms with Crippen molar-refractivity contribution in [1.29, 1.82) is 0 Å². The molecule has 1 aliphatic heterocycles. The van der Waals surface area contributed by atoms with E-state index in [1.165, 1.54) is 6.42 Å². The van der Waals surface area contributed by atoms with Crippen LogP contribution in [0.5, 0.6) is 5.75 Å². The molecule has 1 aliphatic rings. The molecule has 144 valence electrons. The zero-order valence-corrected chi connectivity index (χ0v) is 15.9. The van der Waals surface area contributed by atoms with E-state index in [0.717, 1.165) is 48.9 Å². The Bertz CT molecular complexity index is 814. The number of nitrogens with zero attached hydrogens (tertiary/aromatic N) is 4. The van der Waals surface area contributed by atoms with Gasteiger partial charge in [0.2, 0.25) is 0 Å². The second-order valence-electron chi connectivity index (χ2n) is 7.07. The summed E-state index contributed by atoms with van der Waals surface area (Å²) in [6.07, 6.45) is 8.52. The summed E-state index contributed by atoms with van der Waals surface area (Å²) in [5, 5.41) is 3.35. The molecular weight excluding hydrogens is 350 g/mol. The Balaban J connectivity index is 1.44. The van der Waals surface area contributed by atoms with Crippen molar-refractivity contribution in [1.82, 2.24) is 25.2 Å². The van der Waals surface area contributed by atoms with E-state index in [1.807, 2.05) is 42.9 Å². The quantitative estimate of drug-likeness (QED) is 0.621. The predicted octanol–water partition coefficient (Wildman–Crippen LogP) is 2.81. The number of aromatic nitrogens is 3. The van der Waals surface area contributed by atoms with Gasteiger partial charge in [0.05, 0.1) is 17.6 Å². The summed E-state index contributed by atoms with van der Waals surface area (Å²) in [7, 11) is 0. The molecule has 0 bridgehead atoms. The summed E-state index contributed by atoms with van der Waals surface area (Å²) < 4.78 is 5.90. The molecule has 6 nitrogen and oxygen atoms in total. The molecule has 0 amide bonds. The van der Waals surface area contributed by atoms with Crippen molar-refractivity contribution in [3.05, 3.63) is 84.2 Å². The van der Waals surface area contributed by atoms with Crippen LogP contribution in [0.25, 0.3) is 0 Å². The molecule has 1 N–H and O–H groups in total. The lowest BCUT2D eigenvalue weighted by Gasteiger charge is -2.27. The molecule has 3 aromatic heterocycles. The molecule has 28 heavy (non-hydrogen) atoms. The van der Waals surface area contributed by atoms with Crippen molar-refractivity contribution >= 4 is 0 Å². The Labute approximate surface area is 165 Å². The lowest BCUT2D eigenvalue weighted by Crippen LogP contribution is -2.46. The maximum atomic E-state index is 5.90. The van der Waals surface area contributed by atoms with Crippen LogP contribution in [0.2, 0.25) is 0 Å². The topological polar surface area (TPSA) is 63.2 Å². The van der Waals surface area contributed by atoms with E-state index in [9.17, 15) is 0 Å². The van der Waals surface area contributed by atoms with Crippen molar-refractivity contribution in [3.8, 4) is 5.75 Å². The average Bonchev–Trinajstić information content (AvgIpc) is 2.69. The van der Waals surface area contributed by atoms with Gasteiger partial charge in [-0.15, -0.1) is 0 Å². The van der Waals surface area contributed by atoms with Crippen molar-refractivity contribution in [3.63, 3.8) is 0 Å². The first kappa shape index (κ1) is 18.5. The van der Waals surface area contributed by atoms with Gasteiger partial charge in [-0.25, -0.2) is 0 Å². The fraction of sp³-hybridized carbons (Fsp3) is 0.318. The summed E-state index contributed by atoms with van der Waals surface area (Å²) in [4.78, 5) is 15.6. The first-order chi connectivity index (χ1) is 13.8. The molecule has 1 fully saturated rings. The minimum atomic E-state index is 0.466. The van der Waals surface area contributed by atoms with E-state index < -0.39 is 0 Å². The molecule has 0 spiro atoms. The van der Waals surface area contributed by atoms with Gasteiger partial charge in [0.1, 0.15) is 12.4 Å². The highest BCUT2D eigenvalue weighted by molar-refractivity contribution is 5.24. The van der Waals surface area contributed by atoms with Gasteiger partial charge in [0.15, 0.2) is 0 Å². The fourth-order valence-corrected chi connectivity index (χ4v) is 3.18. The normalized spacial score (nSPS) is 16.0. The molecule has 4 rings (SSSR count).